The van der Waals surface area contributed by atoms with Gasteiger partial charge in [0.25, 0.3) is 0 Å². The number of fused-ring (bicyclic) bond motifs is 1. The number of rotatable bonds is 5. The SMILES string of the molecule is Cc1ccc(-c2nc3ccccc3c(C)c2SCC(=O)Nc2ccccc2)cc1. The van der Waals surface area contributed by atoms with E-state index in [9.17, 15) is 4.79 Å². The van der Waals surface area contributed by atoms with Crippen molar-refractivity contribution in [2.45, 2.75) is 18.7 Å². The first-order valence-corrected chi connectivity index (χ1v) is 10.5. The second-order valence-corrected chi connectivity index (χ2v) is 7.99. The number of aryl methyl sites for hydroxylation is 2. The number of benzene rings is 3. The summed E-state index contributed by atoms with van der Waals surface area (Å²) in [5.74, 6) is 0.304. The number of pyridine rings is 1. The van der Waals surface area contributed by atoms with E-state index in [-0.39, 0.29) is 5.91 Å². The number of thioether (sulfide) groups is 1. The number of carbonyl (C=O) groups is 1. The molecule has 0 saturated heterocycles. The third-order valence-corrected chi connectivity index (χ3v) is 6.02. The summed E-state index contributed by atoms with van der Waals surface area (Å²) in [5, 5.41) is 4.08. The highest BCUT2D eigenvalue weighted by atomic mass is 32.2. The summed E-state index contributed by atoms with van der Waals surface area (Å²) in [6, 6.07) is 26.1. The van der Waals surface area contributed by atoms with Crippen LogP contribution in [0, 0.1) is 13.8 Å². The minimum absolute atomic E-state index is 0.0244. The van der Waals surface area contributed by atoms with Crippen molar-refractivity contribution in [2.75, 3.05) is 11.1 Å². The molecule has 0 aliphatic heterocycles. The van der Waals surface area contributed by atoms with E-state index in [4.69, 9.17) is 4.98 Å². The zero-order valence-corrected chi connectivity index (χ0v) is 17.3. The van der Waals surface area contributed by atoms with Gasteiger partial charge in [-0.3, -0.25) is 4.79 Å². The van der Waals surface area contributed by atoms with Gasteiger partial charge in [-0.15, -0.1) is 11.8 Å². The van der Waals surface area contributed by atoms with E-state index in [1.165, 1.54) is 5.56 Å². The van der Waals surface area contributed by atoms with Gasteiger partial charge in [0.1, 0.15) is 0 Å². The number of nitrogens with zero attached hydrogens (tertiary/aromatic N) is 1. The van der Waals surface area contributed by atoms with E-state index in [1.54, 1.807) is 11.8 Å². The minimum Gasteiger partial charge on any atom is -0.325 e. The molecule has 1 aromatic heterocycles. The zero-order valence-electron chi connectivity index (χ0n) is 16.5. The molecular weight excluding hydrogens is 376 g/mol. The van der Waals surface area contributed by atoms with Gasteiger partial charge in [0.2, 0.25) is 5.91 Å². The molecule has 29 heavy (non-hydrogen) atoms. The van der Waals surface area contributed by atoms with E-state index in [0.717, 1.165) is 38.3 Å². The molecule has 0 saturated carbocycles. The number of hydrogen-bond acceptors (Lipinski definition) is 3. The predicted octanol–water partition coefficient (Wildman–Crippen LogP) is 6.25. The highest BCUT2D eigenvalue weighted by Gasteiger charge is 2.16. The van der Waals surface area contributed by atoms with Gasteiger partial charge in [-0.2, -0.15) is 0 Å². The molecule has 4 heteroatoms. The second kappa shape index (κ2) is 8.50. The van der Waals surface area contributed by atoms with Crippen LogP contribution < -0.4 is 5.32 Å². The lowest BCUT2D eigenvalue weighted by molar-refractivity contribution is -0.113. The maximum absolute atomic E-state index is 12.5. The van der Waals surface area contributed by atoms with Crippen molar-refractivity contribution in [3.8, 4) is 11.3 Å². The Bertz CT molecular complexity index is 1150. The molecule has 0 radical (unpaired) electrons. The molecule has 3 nitrogen and oxygen atoms in total. The van der Waals surface area contributed by atoms with Crippen LogP contribution in [0.3, 0.4) is 0 Å². The van der Waals surface area contributed by atoms with Crippen LogP contribution in [-0.2, 0) is 4.79 Å². The Kier molecular flexibility index (Phi) is 5.63. The maximum atomic E-state index is 12.5. The number of para-hydroxylation sites is 2. The highest BCUT2D eigenvalue weighted by molar-refractivity contribution is 8.00. The Balaban J connectivity index is 1.68. The summed E-state index contributed by atoms with van der Waals surface area (Å²) in [5.41, 5.74) is 6.14. The van der Waals surface area contributed by atoms with Crippen LogP contribution in [0.2, 0.25) is 0 Å². The topological polar surface area (TPSA) is 42.0 Å². The van der Waals surface area contributed by atoms with Crippen LogP contribution in [0.15, 0.2) is 83.8 Å². The lowest BCUT2D eigenvalue weighted by Crippen LogP contribution is -2.14. The molecule has 0 atom stereocenters. The molecule has 0 aliphatic rings. The van der Waals surface area contributed by atoms with Crippen molar-refractivity contribution >= 4 is 34.3 Å². The molecule has 3 aromatic carbocycles. The molecule has 1 heterocycles. The predicted molar refractivity (Wildman–Crippen MR) is 122 cm³/mol. The summed E-state index contributed by atoms with van der Waals surface area (Å²) >= 11 is 1.54. The third kappa shape index (κ3) is 4.33. The van der Waals surface area contributed by atoms with E-state index < -0.39 is 0 Å². The lowest BCUT2D eigenvalue weighted by Gasteiger charge is -2.15. The number of amides is 1. The summed E-state index contributed by atoms with van der Waals surface area (Å²) < 4.78 is 0. The number of anilines is 1. The van der Waals surface area contributed by atoms with Gasteiger partial charge in [-0.1, -0.05) is 66.2 Å². The van der Waals surface area contributed by atoms with Gasteiger partial charge in [0.15, 0.2) is 0 Å². The second-order valence-electron chi connectivity index (χ2n) is 7.00. The van der Waals surface area contributed by atoms with Gasteiger partial charge < -0.3 is 5.32 Å². The smallest absolute Gasteiger partial charge is 0.234 e. The standard InChI is InChI=1S/C25H22N2OS/c1-17-12-14-19(15-13-17)24-25(18(2)21-10-6-7-11-22(21)27-24)29-16-23(28)26-20-8-4-3-5-9-20/h3-15H,16H2,1-2H3,(H,26,28). The first-order valence-electron chi connectivity index (χ1n) is 9.56. The molecule has 4 rings (SSSR count). The van der Waals surface area contributed by atoms with Crippen LogP contribution >= 0.6 is 11.8 Å². The molecule has 1 N–H and O–H groups in total. The quantitative estimate of drug-likeness (QED) is 0.404. The Labute approximate surface area is 175 Å². The van der Waals surface area contributed by atoms with Crippen LogP contribution in [0.1, 0.15) is 11.1 Å². The summed E-state index contributed by atoms with van der Waals surface area (Å²) in [6.07, 6.45) is 0. The fourth-order valence-corrected chi connectivity index (χ4v) is 4.27. The first-order chi connectivity index (χ1) is 14.1. The van der Waals surface area contributed by atoms with Crippen molar-refractivity contribution in [3.05, 3.63) is 90.0 Å². The minimum atomic E-state index is -0.0244. The van der Waals surface area contributed by atoms with Crippen LogP contribution in [0.4, 0.5) is 5.69 Å². The Morgan fingerprint density at radius 2 is 1.59 bits per heavy atom. The fourth-order valence-electron chi connectivity index (χ4n) is 3.30. The molecule has 0 aliphatic carbocycles. The third-order valence-electron chi connectivity index (χ3n) is 4.83. The van der Waals surface area contributed by atoms with Crippen LogP contribution in [0.5, 0.6) is 0 Å². The van der Waals surface area contributed by atoms with Gasteiger partial charge >= 0.3 is 0 Å². The maximum Gasteiger partial charge on any atom is 0.234 e. The average molecular weight is 399 g/mol. The number of hydrogen-bond donors (Lipinski definition) is 1. The van der Waals surface area contributed by atoms with Crippen molar-refractivity contribution in [1.82, 2.24) is 4.98 Å². The summed E-state index contributed by atoms with van der Waals surface area (Å²) in [4.78, 5) is 18.5. The van der Waals surface area contributed by atoms with Gasteiger partial charge in [-0.05, 0) is 37.6 Å². The zero-order chi connectivity index (χ0) is 20.2. The molecule has 4 aromatic rings. The summed E-state index contributed by atoms with van der Waals surface area (Å²) in [7, 11) is 0. The molecule has 0 fully saturated rings. The Morgan fingerprint density at radius 1 is 0.897 bits per heavy atom. The molecular formula is C25H22N2OS. The van der Waals surface area contributed by atoms with Crippen LogP contribution in [-0.4, -0.2) is 16.6 Å². The van der Waals surface area contributed by atoms with E-state index in [1.807, 2.05) is 48.5 Å². The van der Waals surface area contributed by atoms with E-state index in [0.29, 0.717) is 5.75 Å². The number of aromatic nitrogens is 1. The molecule has 0 unspecified atom stereocenters. The monoisotopic (exact) mass is 398 g/mol. The number of nitrogens with one attached hydrogen (secondary N) is 1. The van der Waals surface area contributed by atoms with Crippen molar-refractivity contribution in [1.29, 1.82) is 0 Å². The fraction of sp³-hybridized carbons (Fsp3) is 0.120. The lowest BCUT2D eigenvalue weighted by atomic mass is 10.0. The van der Waals surface area contributed by atoms with Gasteiger partial charge in [-0.25, -0.2) is 4.98 Å². The average Bonchev–Trinajstić information content (AvgIpc) is 2.74. The Hall–Kier alpha value is -3.11. The molecule has 0 bridgehead atoms. The molecule has 0 spiro atoms. The van der Waals surface area contributed by atoms with E-state index >= 15 is 0 Å². The van der Waals surface area contributed by atoms with Crippen molar-refractivity contribution in [2.24, 2.45) is 0 Å². The highest BCUT2D eigenvalue weighted by Crippen LogP contribution is 2.36. The molecule has 1 amide bonds. The van der Waals surface area contributed by atoms with E-state index in [2.05, 4.69) is 49.5 Å². The first kappa shape index (κ1) is 19.2. The Morgan fingerprint density at radius 3 is 2.34 bits per heavy atom. The molecule has 144 valence electrons. The van der Waals surface area contributed by atoms with Crippen molar-refractivity contribution < 1.29 is 4.79 Å². The van der Waals surface area contributed by atoms with Gasteiger partial charge in [0, 0.05) is 21.5 Å². The normalized spacial score (nSPS) is 10.8. The summed E-state index contributed by atoms with van der Waals surface area (Å²) in [6.45, 7) is 4.19. The van der Waals surface area contributed by atoms with Crippen molar-refractivity contribution in [3.63, 3.8) is 0 Å². The number of carbonyl (C=O) groups excluding carboxylic acids is 1. The largest absolute Gasteiger partial charge is 0.325 e. The van der Waals surface area contributed by atoms with Crippen LogP contribution in [0.25, 0.3) is 22.2 Å². The van der Waals surface area contributed by atoms with Gasteiger partial charge in [0.05, 0.1) is 17.0 Å².